The number of carbonyl (C=O) groups is 2. The number of fused-ring (bicyclic) bond motifs is 1. The van der Waals surface area contributed by atoms with E-state index in [4.69, 9.17) is 8.83 Å². The first kappa shape index (κ1) is 18.3. The minimum absolute atomic E-state index is 0.110. The molecule has 0 radical (unpaired) electrons. The lowest BCUT2D eigenvalue weighted by Crippen LogP contribution is -2.40. The van der Waals surface area contributed by atoms with E-state index in [0.29, 0.717) is 28.2 Å². The van der Waals surface area contributed by atoms with Crippen LogP contribution >= 0.6 is 11.8 Å². The lowest BCUT2D eigenvalue weighted by Gasteiger charge is -2.27. The number of carbonyl (C=O) groups excluding carboxylic acids is 2. The van der Waals surface area contributed by atoms with Gasteiger partial charge in [-0.2, -0.15) is 0 Å². The van der Waals surface area contributed by atoms with Gasteiger partial charge in [-0.25, -0.2) is 0 Å². The van der Waals surface area contributed by atoms with E-state index >= 15 is 0 Å². The molecule has 1 N–H and O–H groups in total. The molecule has 2 amide bonds. The Labute approximate surface area is 165 Å². The Hall–Kier alpha value is -3.07. The fourth-order valence-electron chi connectivity index (χ4n) is 3.14. The Balaban J connectivity index is 1.50. The number of rotatable bonds is 4. The Morgan fingerprint density at radius 1 is 1.32 bits per heavy atom. The molecule has 1 aromatic carbocycles. The van der Waals surface area contributed by atoms with Crippen molar-refractivity contribution >= 4 is 35.0 Å². The Bertz CT molecular complexity index is 1030. The maximum atomic E-state index is 13.0. The lowest BCUT2D eigenvalue weighted by molar-refractivity contribution is -0.117. The second kappa shape index (κ2) is 7.51. The minimum Gasteiger partial charge on any atom is -0.469 e. The molecule has 8 nitrogen and oxygen atoms in total. The first-order valence-corrected chi connectivity index (χ1v) is 9.73. The van der Waals surface area contributed by atoms with Crippen molar-refractivity contribution in [2.75, 3.05) is 16.0 Å². The first-order valence-electron chi connectivity index (χ1n) is 8.74. The summed E-state index contributed by atoms with van der Waals surface area (Å²) in [7, 11) is 0. The summed E-state index contributed by atoms with van der Waals surface area (Å²) >= 11 is 1.16. The van der Waals surface area contributed by atoms with Crippen LogP contribution in [0.2, 0.25) is 0 Å². The van der Waals surface area contributed by atoms with Crippen LogP contribution in [0.25, 0.3) is 11.5 Å². The molecule has 2 aromatic heterocycles. The molecule has 28 heavy (non-hydrogen) atoms. The molecule has 0 bridgehead atoms. The van der Waals surface area contributed by atoms with Gasteiger partial charge in [0, 0.05) is 12.5 Å². The fourth-order valence-corrected chi connectivity index (χ4v) is 3.77. The highest BCUT2D eigenvalue weighted by molar-refractivity contribution is 7.99. The standard InChI is InChI=1S/C19H18N4O4S/c1-11-9-16(24)20-14-5-3-4-6-15(14)23(11)17(25)10-28-19-22-21-18(27-19)13-7-8-26-12(13)2/h3-8,11H,9-10H2,1-2H3,(H,20,24)/t11-/m1/s1. The number of hydrogen-bond acceptors (Lipinski definition) is 7. The van der Waals surface area contributed by atoms with E-state index in [2.05, 4.69) is 15.5 Å². The van der Waals surface area contributed by atoms with Crippen LogP contribution in [0.15, 0.2) is 50.7 Å². The highest BCUT2D eigenvalue weighted by atomic mass is 32.2. The van der Waals surface area contributed by atoms with Gasteiger partial charge in [-0.15, -0.1) is 10.2 Å². The first-order chi connectivity index (χ1) is 13.5. The van der Waals surface area contributed by atoms with Crippen LogP contribution in [-0.4, -0.2) is 33.8 Å². The molecule has 3 heterocycles. The van der Waals surface area contributed by atoms with Crippen LogP contribution in [0.5, 0.6) is 0 Å². The van der Waals surface area contributed by atoms with Crippen LogP contribution in [0, 0.1) is 6.92 Å². The van der Waals surface area contributed by atoms with Crippen molar-refractivity contribution in [2.45, 2.75) is 31.5 Å². The zero-order valence-electron chi connectivity index (χ0n) is 15.3. The van der Waals surface area contributed by atoms with Crippen LogP contribution in [0.4, 0.5) is 11.4 Å². The van der Waals surface area contributed by atoms with E-state index in [-0.39, 0.29) is 30.0 Å². The lowest BCUT2D eigenvalue weighted by atomic mass is 10.2. The quantitative estimate of drug-likeness (QED) is 0.671. The van der Waals surface area contributed by atoms with Gasteiger partial charge in [-0.05, 0) is 32.0 Å². The molecule has 4 rings (SSSR count). The molecular formula is C19H18N4O4S. The summed E-state index contributed by atoms with van der Waals surface area (Å²) in [6.07, 6.45) is 1.79. The zero-order chi connectivity index (χ0) is 19.7. The second-order valence-electron chi connectivity index (χ2n) is 6.43. The Morgan fingerprint density at radius 2 is 2.14 bits per heavy atom. The monoisotopic (exact) mass is 398 g/mol. The second-order valence-corrected chi connectivity index (χ2v) is 7.36. The average molecular weight is 398 g/mol. The van der Waals surface area contributed by atoms with Crippen LogP contribution in [-0.2, 0) is 9.59 Å². The highest BCUT2D eigenvalue weighted by Gasteiger charge is 2.29. The maximum absolute atomic E-state index is 13.0. The molecule has 0 unspecified atom stereocenters. The summed E-state index contributed by atoms with van der Waals surface area (Å²) in [6, 6.07) is 8.77. The van der Waals surface area contributed by atoms with Gasteiger partial charge in [-0.3, -0.25) is 9.59 Å². The van der Waals surface area contributed by atoms with Gasteiger partial charge in [0.1, 0.15) is 5.76 Å². The molecule has 0 spiro atoms. The Kier molecular flexibility index (Phi) is 4.91. The summed E-state index contributed by atoms with van der Waals surface area (Å²) in [4.78, 5) is 26.7. The van der Waals surface area contributed by atoms with Gasteiger partial charge in [0.05, 0.1) is 29.0 Å². The topological polar surface area (TPSA) is 101 Å². The minimum atomic E-state index is -0.261. The molecule has 9 heteroatoms. The van der Waals surface area contributed by atoms with Gasteiger partial charge < -0.3 is 19.1 Å². The molecule has 0 saturated carbocycles. The number of nitrogens with zero attached hydrogens (tertiary/aromatic N) is 3. The van der Waals surface area contributed by atoms with Crippen molar-refractivity contribution in [3.05, 3.63) is 42.4 Å². The van der Waals surface area contributed by atoms with Crippen molar-refractivity contribution in [1.82, 2.24) is 10.2 Å². The summed E-state index contributed by atoms with van der Waals surface area (Å²) in [5.74, 6) is 0.896. The third-order valence-corrected chi connectivity index (χ3v) is 5.25. The number of thioether (sulfide) groups is 1. The van der Waals surface area contributed by atoms with Crippen molar-refractivity contribution in [2.24, 2.45) is 0 Å². The summed E-state index contributed by atoms with van der Waals surface area (Å²) in [6.45, 7) is 3.67. The third kappa shape index (κ3) is 3.53. The van der Waals surface area contributed by atoms with Crippen molar-refractivity contribution in [3.8, 4) is 11.5 Å². The predicted molar refractivity (Wildman–Crippen MR) is 104 cm³/mol. The molecule has 0 fully saturated rings. The van der Waals surface area contributed by atoms with Crippen molar-refractivity contribution in [1.29, 1.82) is 0 Å². The van der Waals surface area contributed by atoms with E-state index < -0.39 is 0 Å². The van der Waals surface area contributed by atoms with E-state index in [9.17, 15) is 9.59 Å². The zero-order valence-corrected chi connectivity index (χ0v) is 16.2. The molecule has 3 aromatic rings. The number of nitrogens with one attached hydrogen (secondary N) is 1. The summed E-state index contributed by atoms with van der Waals surface area (Å²) in [5.41, 5.74) is 2.04. The molecule has 0 aliphatic carbocycles. The number of benzene rings is 1. The van der Waals surface area contributed by atoms with Crippen LogP contribution in [0.1, 0.15) is 19.1 Å². The van der Waals surface area contributed by atoms with Gasteiger partial charge in [0.15, 0.2) is 0 Å². The summed E-state index contributed by atoms with van der Waals surface area (Å²) in [5, 5.41) is 11.1. The number of aromatic nitrogens is 2. The fraction of sp³-hybridized carbons (Fsp3) is 0.263. The Morgan fingerprint density at radius 3 is 2.93 bits per heavy atom. The maximum Gasteiger partial charge on any atom is 0.277 e. The summed E-state index contributed by atoms with van der Waals surface area (Å²) < 4.78 is 10.9. The van der Waals surface area contributed by atoms with E-state index in [1.807, 2.05) is 32.0 Å². The largest absolute Gasteiger partial charge is 0.469 e. The number of anilines is 2. The molecule has 1 atom stereocenters. The molecule has 1 aliphatic heterocycles. The predicted octanol–water partition coefficient (Wildman–Crippen LogP) is 3.49. The number of para-hydroxylation sites is 2. The van der Waals surface area contributed by atoms with Gasteiger partial charge in [-0.1, -0.05) is 23.9 Å². The van der Waals surface area contributed by atoms with Gasteiger partial charge >= 0.3 is 0 Å². The number of amides is 2. The van der Waals surface area contributed by atoms with Gasteiger partial charge in [0.2, 0.25) is 11.8 Å². The smallest absolute Gasteiger partial charge is 0.277 e. The molecular weight excluding hydrogens is 380 g/mol. The molecule has 1 aliphatic rings. The number of furan rings is 1. The van der Waals surface area contributed by atoms with E-state index in [1.54, 1.807) is 23.3 Å². The molecule has 0 saturated heterocycles. The number of hydrogen-bond donors (Lipinski definition) is 1. The third-order valence-electron chi connectivity index (χ3n) is 4.44. The van der Waals surface area contributed by atoms with E-state index in [1.165, 1.54) is 0 Å². The number of aryl methyl sites for hydroxylation is 1. The van der Waals surface area contributed by atoms with Crippen molar-refractivity contribution < 1.29 is 18.4 Å². The van der Waals surface area contributed by atoms with Crippen LogP contribution < -0.4 is 10.2 Å². The SMILES string of the molecule is Cc1occc1-c1nnc(SCC(=O)N2c3ccccc3NC(=O)C[C@H]2C)o1. The molecule has 144 valence electrons. The van der Waals surface area contributed by atoms with E-state index in [0.717, 1.165) is 17.3 Å². The highest BCUT2D eigenvalue weighted by Crippen LogP contribution is 2.32. The van der Waals surface area contributed by atoms with Crippen LogP contribution in [0.3, 0.4) is 0 Å². The van der Waals surface area contributed by atoms with Crippen molar-refractivity contribution in [3.63, 3.8) is 0 Å². The average Bonchev–Trinajstić information content (AvgIpc) is 3.27. The van der Waals surface area contributed by atoms with Gasteiger partial charge in [0.25, 0.3) is 11.1 Å². The normalized spacial score (nSPS) is 16.4.